The molecule has 0 radical (unpaired) electrons. The molecule has 0 heterocycles. The first-order valence-electron chi connectivity index (χ1n) is 28.6. The maximum Gasteiger partial charge on any atom is 0.472 e. The predicted octanol–water partition coefficient (Wildman–Crippen LogP) is 17.4. The lowest BCUT2D eigenvalue weighted by molar-refractivity contribution is -0.870. The Labute approximate surface area is 432 Å². The van der Waals surface area contributed by atoms with Gasteiger partial charge < -0.3 is 19.8 Å². The summed E-state index contributed by atoms with van der Waals surface area (Å²) in [5.41, 5.74) is 0. The topological polar surface area (TPSA) is 105 Å². The van der Waals surface area contributed by atoms with E-state index < -0.39 is 20.0 Å². The Morgan fingerprint density at radius 1 is 0.500 bits per heavy atom. The van der Waals surface area contributed by atoms with Gasteiger partial charge in [0.15, 0.2) is 0 Å². The molecular weight excluding hydrogens is 888 g/mol. The fourth-order valence-corrected chi connectivity index (χ4v) is 8.54. The van der Waals surface area contributed by atoms with Gasteiger partial charge >= 0.3 is 7.82 Å². The molecule has 0 aromatic carbocycles. The van der Waals surface area contributed by atoms with Crippen molar-refractivity contribution in [3.63, 3.8) is 0 Å². The van der Waals surface area contributed by atoms with E-state index in [-0.39, 0.29) is 19.1 Å². The van der Waals surface area contributed by atoms with Crippen LogP contribution in [0.1, 0.15) is 232 Å². The Hall–Kier alpha value is -2.58. The summed E-state index contributed by atoms with van der Waals surface area (Å²) in [6, 6.07) is -0.872. The van der Waals surface area contributed by atoms with Gasteiger partial charge in [-0.05, 0) is 89.9 Å². The van der Waals surface area contributed by atoms with Crippen molar-refractivity contribution in [3.8, 4) is 0 Å². The fourth-order valence-electron chi connectivity index (χ4n) is 7.81. The number of aliphatic hydroxyl groups is 1. The molecule has 0 aliphatic carbocycles. The van der Waals surface area contributed by atoms with Gasteiger partial charge in [0.1, 0.15) is 13.2 Å². The Kier molecular flexibility index (Phi) is 49.4. The SMILES string of the molecule is CC/C=C\C/C=C\C/C=C\C/C=C\C/C=C\CCCCCCCCCCCCCCCCCCCCCC(=O)NC(COP(=O)(O)OCC[N+](C)(C)C)C(O)/C=C/CC/C=C/CC/C=C/CCCCC. The molecule has 0 bridgehead atoms. The summed E-state index contributed by atoms with van der Waals surface area (Å²) in [5, 5.41) is 13.8. The first kappa shape index (κ1) is 67.4. The van der Waals surface area contributed by atoms with Crippen LogP contribution in [0.2, 0.25) is 0 Å². The van der Waals surface area contributed by atoms with Crippen molar-refractivity contribution >= 4 is 13.7 Å². The number of carbonyl (C=O) groups excluding carboxylic acids is 1. The lowest BCUT2D eigenvalue weighted by Crippen LogP contribution is -2.45. The number of carbonyl (C=O) groups is 1. The molecule has 3 atom stereocenters. The van der Waals surface area contributed by atoms with E-state index in [0.717, 1.165) is 83.5 Å². The molecule has 0 saturated carbocycles. The zero-order valence-corrected chi connectivity index (χ0v) is 46.9. The zero-order valence-electron chi connectivity index (χ0n) is 46.0. The number of likely N-dealkylation sites (N-methyl/N-ethyl adjacent to an activating group) is 1. The molecule has 0 aromatic heterocycles. The number of hydrogen-bond donors (Lipinski definition) is 3. The smallest absolute Gasteiger partial charge is 0.387 e. The van der Waals surface area contributed by atoms with E-state index in [9.17, 15) is 19.4 Å². The van der Waals surface area contributed by atoms with Crippen LogP contribution in [0.5, 0.6) is 0 Å². The van der Waals surface area contributed by atoms with Crippen molar-refractivity contribution in [1.29, 1.82) is 0 Å². The Balaban J connectivity index is 4.04. The molecule has 3 N–H and O–H groups in total. The molecule has 70 heavy (non-hydrogen) atoms. The van der Waals surface area contributed by atoms with Gasteiger partial charge in [-0.2, -0.15) is 0 Å². The van der Waals surface area contributed by atoms with Gasteiger partial charge in [-0.1, -0.05) is 233 Å². The summed E-state index contributed by atoms with van der Waals surface area (Å²) in [5.74, 6) is -0.193. The minimum atomic E-state index is -4.36. The Morgan fingerprint density at radius 3 is 1.31 bits per heavy atom. The largest absolute Gasteiger partial charge is 0.472 e. The van der Waals surface area contributed by atoms with Gasteiger partial charge in [0.05, 0.1) is 39.9 Å². The van der Waals surface area contributed by atoms with Crippen LogP contribution in [-0.2, 0) is 18.4 Å². The van der Waals surface area contributed by atoms with E-state index in [2.05, 4.69) is 104 Å². The molecule has 0 spiro atoms. The number of amides is 1. The van der Waals surface area contributed by atoms with E-state index in [1.54, 1.807) is 6.08 Å². The van der Waals surface area contributed by atoms with E-state index in [0.29, 0.717) is 17.4 Å². The third-order valence-electron chi connectivity index (χ3n) is 12.3. The van der Waals surface area contributed by atoms with Crippen molar-refractivity contribution < 1.29 is 32.9 Å². The molecule has 0 aliphatic heterocycles. The van der Waals surface area contributed by atoms with Crippen LogP contribution in [0.4, 0.5) is 0 Å². The van der Waals surface area contributed by atoms with Crippen molar-refractivity contribution in [2.75, 3.05) is 40.9 Å². The normalized spacial score (nSPS) is 14.7. The lowest BCUT2D eigenvalue weighted by Gasteiger charge is -2.25. The van der Waals surface area contributed by atoms with E-state index in [4.69, 9.17) is 9.05 Å². The maximum absolute atomic E-state index is 12.9. The molecule has 0 aromatic rings. The standard InChI is InChI=1S/C61H109N2O6P/c1-6-8-10-12-14-16-18-20-21-22-23-24-25-26-27-28-29-30-31-32-33-34-35-36-37-38-39-40-41-43-45-47-49-51-53-55-61(65)62-59(58-69-70(66,67)68-57-56-63(3,4)5)60(64)54-52-50-48-46-44-42-19-17-15-13-11-9-7-2/h8,10,14-17,20-21,23-24,26-27,44,46,52,54,59-60,64H,6-7,9,11-13,18-19,22,25,28-43,45,47-51,53,55-58H2,1-5H3,(H-,62,65,66,67)/p+1/b10-8-,16-14-,17-15+,21-20-,24-23-,27-26-,46-44+,54-52+. The van der Waals surface area contributed by atoms with Crippen LogP contribution in [0, 0.1) is 0 Å². The number of allylic oxidation sites excluding steroid dienone is 15. The number of unbranched alkanes of at least 4 members (excludes halogenated alkanes) is 24. The number of quaternary nitrogens is 1. The van der Waals surface area contributed by atoms with Crippen LogP contribution in [0.15, 0.2) is 97.2 Å². The second-order valence-electron chi connectivity index (χ2n) is 20.3. The molecule has 1 amide bonds. The van der Waals surface area contributed by atoms with Gasteiger partial charge in [-0.15, -0.1) is 0 Å². The van der Waals surface area contributed by atoms with Gasteiger partial charge in [-0.3, -0.25) is 13.8 Å². The number of aliphatic hydroxyl groups excluding tert-OH is 1. The summed E-state index contributed by atoms with van der Waals surface area (Å²) in [7, 11) is 1.54. The van der Waals surface area contributed by atoms with Crippen molar-refractivity contribution in [2.24, 2.45) is 0 Å². The molecule has 8 nitrogen and oxygen atoms in total. The molecular formula is C61H110N2O6P+. The minimum Gasteiger partial charge on any atom is -0.387 e. The highest BCUT2D eigenvalue weighted by Crippen LogP contribution is 2.43. The van der Waals surface area contributed by atoms with Crippen molar-refractivity contribution in [1.82, 2.24) is 5.32 Å². The van der Waals surface area contributed by atoms with E-state index in [1.807, 2.05) is 27.2 Å². The number of nitrogens with one attached hydrogen (secondary N) is 1. The highest BCUT2D eigenvalue weighted by Gasteiger charge is 2.27. The second kappa shape index (κ2) is 51.3. The third kappa shape index (κ3) is 53.2. The van der Waals surface area contributed by atoms with Gasteiger partial charge in [0.2, 0.25) is 5.91 Å². The molecule has 3 unspecified atom stereocenters. The molecule has 0 saturated heterocycles. The molecule has 404 valence electrons. The number of phosphoric acid groups is 1. The first-order chi connectivity index (χ1) is 34.0. The van der Waals surface area contributed by atoms with Crippen molar-refractivity contribution in [3.05, 3.63) is 97.2 Å². The van der Waals surface area contributed by atoms with Crippen LogP contribution in [0.3, 0.4) is 0 Å². The Bertz CT molecular complexity index is 1460. The summed E-state index contributed by atoms with van der Waals surface area (Å²) in [6.07, 6.45) is 73.8. The summed E-state index contributed by atoms with van der Waals surface area (Å²) in [6.45, 7) is 4.63. The van der Waals surface area contributed by atoms with Crippen LogP contribution >= 0.6 is 7.82 Å². The maximum atomic E-state index is 12.9. The molecule has 0 rings (SSSR count). The summed E-state index contributed by atoms with van der Waals surface area (Å²) < 4.78 is 23.6. The zero-order chi connectivity index (χ0) is 51.3. The van der Waals surface area contributed by atoms with Crippen LogP contribution in [-0.4, -0.2) is 73.4 Å². The van der Waals surface area contributed by atoms with Gasteiger partial charge in [0.25, 0.3) is 0 Å². The quantitative estimate of drug-likeness (QED) is 0.0243. The predicted molar refractivity (Wildman–Crippen MR) is 304 cm³/mol. The van der Waals surface area contributed by atoms with Crippen LogP contribution in [0.25, 0.3) is 0 Å². The summed E-state index contributed by atoms with van der Waals surface area (Å²) >= 11 is 0. The van der Waals surface area contributed by atoms with Gasteiger partial charge in [0, 0.05) is 6.42 Å². The fraction of sp³-hybridized carbons (Fsp3) is 0.721. The third-order valence-corrected chi connectivity index (χ3v) is 13.2. The first-order valence-corrected chi connectivity index (χ1v) is 30.1. The highest BCUT2D eigenvalue weighted by atomic mass is 31.2. The average molecular weight is 999 g/mol. The Morgan fingerprint density at radius 2 is 0.871 bits per heavy atom. The van der Waals surface area contributed by atoms with Crippen molar-refractivity contribution in [2.45, 2.75) is 244 Å². The van der Waals surface area contributed by atoms with Crippen LogP contribution < -0.4 is 5.32 Å². The molecule has 9 heteroatoms. The second-order valence-corrected chi connectivity index (χ2v) is 21.7. The number of rotatable bonds is 51. The minimum absolute atomic E-state index is 0.0509. The monoisotopic (exact) mass is 998 g/mol. The average Bonchev–Trinajstić information content (AvgIpc) is 3.32. The van der Waals surface area contributed by atoms with E-state index in [1.165, 1.54) is 128 Å². The van der Waals surface area contributed by atoms with Gasteiger partial charge in [-0.25, -0.2) is 4.57 Å². The number of phosphoric ester groups is 1. The highest BCUT2D eigenvalue weighted by molar-refractivity contribution is 7.47. The van der Waals surface area contributed by atoms with E-state index >= 15 is 0 Å². The number of hydrogen-bond acceptors (Lipinski definition) is 5. The number of nitrogens with zero attached hydrogens (tertiary/aromatic N) is 1. The molecule has 0 aliphatic rings. The summed E-state index contributed by atoms with van der Waals surface area (Å²) in [4.78, 5) is 23.2. The lowest BCUT2D eigenvalue weighted by atomic mass is 10.0. The molecule has 0 fully saturated rings.